The number of hydrogen-bond acceptors (Lipinski definition) is 4. The van der Waals surface area contributed by atoms with Crippen LogP contribution >= 0.6 is 0 Å². The number of rotatable bonds is 3. The first kappa shape index (κ1) is 12.8. The number of aromatic hydroxyl groups is 1. The predicted molar refractivity (Wildman–Crippen MR) is 74.6 cm³/mol. The van der Waals surface area contributed by atoms with Gasteiger partial charge < -0.3 is 15.2 Å². The first-order valence-electron chi connectivity index (χ1n) is 7.12. The van der Waals surface area contributed by atoms with Crippen molar-refractivity contribution in [2.75, 3.05) is 33.3 Å². The van der Waals surface area contributed by atoms with Crippen LogP contribution < -0.4 is 10.1 Å². The molecule has 3 rings (SSSR count). The summed E-state index contributed by atoms with van der Waals surface area (Å²) in [6.45, 7) is 4.12. The molecule has 2 aliphatic heterocycles. The average molecular weight is 262 g/mol. The highest BCUT2D eigenvalue weighted by atomic mass is 16.5. The summed E-state index contributed by atoms with van der Waals surface area (Å²) in [6, 6.07) is 5.85. The number of nitrogens with one attached hydrogen (secondary N) is 1. The zero-order valence-corrected chi connectivity index (χ0v) is 11.4. The van der Waals surface area contributed by atoms with E-state index >= 15 is 0 Å². The number of phenolic OH excluding ortho intramolecular Hbond substituents is 1. The summed E-state index contributed by atoms with van der Waals surface area (Å²) in [5.41, 5.74) is 1.23. The Balaban J connectivity index is 1.66. The fourth-order valence-electron chi connectivity index (χ4n) is 3.24. The minimum absolute atomic E-state index is 0.284. The molecule has 1 unspecified atom stereocenters. The number of ether oxygens (including phenoxy) is 1. The van der Waals surface area contributed by atoms with Crippen LogP contribution in [0.4, 0.5) is 0 Å². The topological polar surface area (TPSA) is 44.7 Å². The van der Waals surface area contributed by atoms with Gasteiger partial charge in [0.25, 0.3) is 0 Å². The predicted octanol–water partition coefficient (Wildman–Crippen LogP) is 1.76. The molecule has 2 N–H and O–H groups in total. The largest absolute Gasteiger partial charge is 0.508 e. The van der Waals surface area contributed by atoms with Gasteiger partial charge in [0.2, 0.25) is 0 Å². The first-order valence-corrected chi connectivity index (χ1v) is 7.12. The minimum atomic E-state index is 0.284. The number of phenols is 1. The quantitative estimate of drug-likeness (QED) is 0.871. The van der Waals surface area contributed by atoms with Crippen molar-refractivity contribution in [2.24, 2.45) is 5.92 Å². The van der Waals surface area contributed by atoms with Crippen LogP contribution in [0.2, 0.25) is 0 Å². The third-order valence-electron chi connectivity index (χ3n) is 4.34. The van der Waals surface area contributed by atoms with Gasteiger partial charge in [-0.25, -0.2) is 0 Å². The Labute approximate surface area is 114 Å². The summed E-state index contributed by atoms with van der Waals surface area (Å²) in [5, 5.41) is 12.8. The van der Waals surface area contributed by atoms with E-state index in [0.717, 1.165) is 37.9 Å². The Kier molecular flexibility index (Phi) is 3.62. The van der Waals surface area contributed by atoms with Crippen LogP contribution in [0.25, 0.3) is 0 Å². The van der Waals surface area contributed by atoms with E-state index in [1.165, 1.54) is 18.4 Å². The average Bonchev–Trinajstić information content (AvgIpc) is 2.83. The van der Waals surface area contributed by atoms with Gasteiger partial charge in [-0.2, -0.15) is 0 Å². The molecule has 0 aromatic heterocycles. The van der Waals surface area contributed by atoms with Gasteiger partial charge in [-0.05, 0) is 57.6 Å². The van der Waals surface area contributed by atoms with Crippen LogP contribution in [0.1, 0.15) is 24.4 Å². The van der Waals surface area contributed by atoms with Crippen LogP contribution in [0.3, 0.4) is 0 Å². The summed E-state index contributed by atoms with van der Waals surface area (Å²) in [7, 11) is 2.03. The molecular weight excluding hydrogens is 240 g/mol. The molecule has 4 nitrogen and oxygen atoms in total. The molecule has 2 aliphatic rings. The fourth-order valence-corrected chi connectivity index (χ4v) is 3.24. The molecule has 0 saturated carbocycles. The molecule has 0 radical (unpaired) electrons. The van der Waals surface area contributed by atoms with Gasteiger partial charge in [-0.1, -0.05) is 0 Å². The second-order valence-electron chi connectivity index (χ2n) is 5.59. The third-order valence-corrected chi connectivity index (χ3v) is 4.34. The van der Waals surface area contributed by atoms with Crippen molar-refractivity contribution in [3.8, 4) is 11.5 Å². The molecular formula is C15H22N2O2. The smallest absolute Gasteiger partial charge is 0.127 e. The van der Waals surface area contributed by atoms with Crippen molar-refractivity contribution in [2.45, 2.75) is 18.9 Å². The van der Waals surface area contributed by atoms with E-state index in [4.69, 9.17) is 4.74 Å². The van der Waals surface area contributed by atoms with Crippen molar-refractivity contribution >= 4 is 0 Å². The standard InChI is InChI=1S/C15H22N2O2/c1-16-9-11-4-6-17(7-5-11)14-10-19-15-8-12(18)2-3-13(14)15/h2-3,8,11,14,16,18H,4-7,9-10H2,1H3. The van der Waals surface area contributed by atoms with E-state index in [2.05, 4.69) is 10.2 Å². The highest BCUT2D eigenvalue weighted by molar-refractivity contribution is 5.44. The Morgan fingerprint density at radius 1 is 1.37 bits per heavy atom. The van der Waals surface area contributed by atoms with Crippen molar-refractivity contribution in [1.29, 1.82) is 0 Å². The van der Waals surface area contributed by atoms with Crippen molar-refractivity contribution in [1.82, 2.24) is 10.2 Å². The lowest BCUT2D eigenvalue weighted by atomic mass is 9.94. The molecule has 104 valence electrons. The molecule has 1 aromatic rings. The van der Waals surface area contributed by atoms with E-state index in [1.807, 2.05) is 13.1 Å². The molecule has 2 heterocycles. The monoisotopic (exact) mass is 262 g/mol. The minimum Gasteiger partial charge on any atom is -0.508 e. The maximum atomic E-state index is 9.49. The molecule has 4 heteroatoms. The maximum Gasteiger partial charge on any atom is 0.127 e. The van der Waals surface area contributed by atoms with Gasteiger partial charge in [0, 0.05) is 11.6 Å². The molecule has 1 saturated heterocycles. The Morgan fingerprint density at radius 3 is 2.89 bits per heavy atom. The van der Waals surface area contributed by atoms with E-state index in [0.29, 0.717) is 6.04 Å². The van der Waals surface area contributed by atoms with Crippen molar-refractivity contribution < 1.29 is 9.84 Å². The van der Waals surface area contributed by atoms with Gasteiger partial charge in [0.15, 0.2) is 0 Å². The van der Waals surface area contributed by atoms with Crippen molar-refractivity contribution in [3.63, 3.8) is 0 Å². The fraction of sp³-hybridized carbons (Fsp3) is 0.600. The summed E-state index contributed by atoms with van der Waals surface area (Å²) >= 11 is 0. The maximum absolute atomic E-state index is 9.49. The number of fused-ring (bicyclic) bond motifs is 1. The normalized spacial score (nSPS) is 24.2. The van der Waals surface area contributed by atoms with Gasteiger partial charge >= 0.3 is 0 Å². The molecule has 19 heavy (non-hydrogen) atoms. The van der Waals surface area contributed by atoms with Crippen molar-refractivity contribution in [3.05, 3.63) is 23.8 Å². The molecule has 1 fully saturated rings. The third kappa shape index (κ3) is 2.55. The second kappa shape index (κ2) is 5.39. The summed E-state index contributed by atoms with van der Waals surface area (Å²) in [4.78, 5) is 2.52. The molecule has 0 aliphatic carbocycles. The number of nitrogens with zero attached hydrogens (tertiary/aromatic N) is 1. The Bertz CT molecular complexity index is 442. The lowest BCUT2D eigenvalue weighted by Crippen LogP contribution is -2.39. The summed E-state index contributed by atoms with van der Waals surface area (Å²) in [5.74, 6) is 1.94. The Hall–Kier alpha value is -1.26. The van der Waals surface area contributed by atoms with E-state index in [-0.39, 0.29) is 5.75 Å². The van der Waals surface area contributed by atoms with E-state index in [1.54, 1.807) is 12.1 Å². The Morgan fingerprint density at radius 2 is 2.16 bits per heavy atom. The number of piperidine rings is 1. The highest BCUT2D eigenvalue weighted by Crippen LogP contribution is 2.39. The molecule has 0 bridgehead atoms. The van der Waals surface area contributed by atoms with Crippen LogP contribution in [0.15, 0.2) is 18.2 Å². The summed E-state index contributed by atoms with van der Waals surface area (Å²) in [6.07, 6.45) is 2.51. The van der Waals surface area contributed by atoms with Gasteiger partial charge in [0.05, 0.1) is 6.04 Å². The van der Waals surface area contributed by atoms with Gasteiger partial charge in [0.1, 0.15) is 18.1 Å². The van der Waals surface area contributed by atoms with Crippen LogP contribution in [-0.2, 0) is 0 Å². The van der Waals surface area contributed by atoms with E-state index in [9.17, 15) is 5.11 Å². The zero-order chi connectivity index (χ0) is 13.2. The second-order valence-corrected chi connectivity index (χ2v) is 5.59. The molecule has 1 atom stereocenters. The zero-order valence-electron chi connectivity index (χ0n) is 11.4. The number of hydrogen-bond donors (Lipinski definition) is 2. The lowest BCUT2D eigenvalue weighted by Gasteiger charge is -2.35. The lowest BCUT2D eigenvalue weighted by molar-refractivity contribution is 0.114. The first-order chi connectivity index (χ1) is 9.28. The number of likely N-dealkylation sites (tertiary alicyclic amines) is 1. The molecule has 1 aromatic carbocycles. The van der Waals surface area contributed by atoms with Crippen LogP contribution in [0.5, 0.6) is 11.5 Å². The molecule has 0 amide bonds. The van der Waals surface area contributed by atoms with Crippen LogP contribution in [0, 0.1) is 5.92 Å². The highest BCUT2D eigenvalue weighted by Gasteiger charge is 2.32. The molecule has 0 spiro atoms. The summed E-state index contributed by atoms with van der Waals surface area (Å²) < 4.78 is 5.71. The van der Waals surface area contributed by atoms with E-state index < -0.39 is 0 Å². The SMILES string of the molecule is CNCC1CCN(C2COc3cc(O)ccc32)CC1. The van der Waals surface area contributed by atoms with Crippen LogP contribution in [-0.4, -0.2) is 43.3 Å². The van der Waals surface area contributed by atoms with Gasteiger partial charge in [-0.15, -0.1) is 0 Å². The van der Waals surface area contributed by atoms with Gasteiger partial charge in [-0.3, -0.25) is 4.90 Å². The number of benzene rings is 1.